The Hall–Kier alpha value is -0.390. The molecule has 1 rings (SSSR count). The van der Waals surface area contributed by atoms with Crippen LogP contribution in [-0.2, 0) is 4.79 Å². The third-order valence-electron chi connectivity index (χ3n) is 2.35. The van der Waals surface area contributed by atoms with Crippen LogP contribution in [0.15, 0.2) is 15.9 Å². The Labute approximate surface area is 102 Å². The van der Waals surface area contributed by atoms with Crippen molar-refractivity contribution in [3.05, 3.63) is 15.9 Å². The van der Waals surface area contributed by atoms with Gasteiger partial charge in [0.25, 0.3) is 0 Å². The lowest BCUT2D eigenvalue weighted by Gasteiger charge is -2.20. The van der Waals surface area contributed by atoms with Crippen molar-refractivity contribution in [2.24, 2.45) is 11.7 Å². The van der Waals surface area contributed by atoms with E-state index in [1.54, 1.807) is 23.3 Å². The summed E-state index contributed by atoms with van der Waals surface area (Å²) < 4.78 is 1.03. The Kier molecular flexibility index (Phi) is 4.76. The number of carbonyl (C=O) groups is 1. The topological polar surface area (TPSA) is 46.3 Å². The second kappa shape index (κ2) is 5.63. The monoisotopic (exact) mass is 290 g/mol. The minimum absolute atomic E-state index is 0.0733. The number of hydrogen-bond acceptors (Lipinski definition) is 3. The van der Waals surface area contributed by atoms with Crippen LogP contribution >= 0.6 is 27.3 Å². The highest BCUT2D eigenvalue weighted by Crippen LogP contribution is 2.29. The van der Waals surface area contributed by atoms with Crippen molar-refractivity contribution in [1.29, 1.82) is 0 Å². The molecule has 0 aromatic carbocycles. The quantitative estimate of drug-likeness (QED) is 0.926. The molecule has 0 radical (unpaired) electrons. The standard InChI is InChI=1S/C10H15BrN2OS/c1-3-7(6-12)10(14)13(2)9-5-4-8(11)15-9/h4-5,7H,3,6,12H2,1-2H3. The number of hydrogen-bond donors (Lipinski definition) is 1. The summed E-state index contributed by atoms with van der Waals surface area (Å²) in [5.74, 6) is 0.0187. The number of carbonyl (C=O) groups excluding carboxylic acids is 1. The maximum atomic E-state index is 12.0. The summed E-state index contributed by atoms with van der Waals surface area (Å²) in [6.45, 7) is 2.39. The van der Waals surface area contributed by atoms with Gasteiger partial charge in [0.2, 0.25) is 5.91 Å². The fourth-order valence-electron chi connectivity index (χ4n) is 1.31. The number of nitrogens with two attached hydrogens (primary N) is 1. The summed E-state index contributed by atoms with van der Waals surface area (Å²) in [4.78, 5) is 13.6. The zero-order chi connectivity index (χ0) is 11.4. The van der Waals surface area contributed by atoms with Crippen LogP contribution in [0, 0.1) is 5.92 Å². The summed E-state index contributed by atoms with van der Waals surface area (Å²) in [7, 11) is 1.79. The Balaban J connectivity index is 2.76. The first-order chi connectivity index (χ1) is 7.10. The highest BCUT2D eigenvalue weighted by molar-refractivity contribution is 9.11. The minimum atomic E-state index is -0.0733. The lowest BCUT2D eigenvalue weighted by molar-refractivity contribution is -0.121. The average molecular weight is 291 g/mol. The number of rotatable bonds is 4. The van der Waals surface area contributed by atoms with E-state index in [1.807, 2.05) is 19.1 Å². The first-order valence-electron chi connectivity index (χ1n) is 4.83. The molecule has 1 unspecified atom stereocenters. The SMILES string of the molecule is CCC(CN)C(=O)N(C)c1ccc(Br)s1. The highest BCUT2D eigenvalue weighted by Gasteiger charge is 2.20. The summed E-state index contributed by atoms with van der Waals surface area (Å²) >= 11 is 4.92. The van der Waals surface area contributed by atoms with E-state index in [4.69, 9.17) is 5.73 Å². The van der Waals surface area contributed by atoms with Crippen molar-refractivity contribution in [2.75, 3.05) is 18.5 Å². The van der Waals surface area contributed by atoms with E-state index in [-0.39, 0.29) is 11.8 Å². The molecular weight excluding hydrogens is 276 g/mol. The van der Waals surface area contributed by atoms with Gasteiger partial charge in [-0.05, 0) is 34.5 Å². The van der Waals surface area contributed by atoms with E-state index in [1.165, 1.54) is 0 Å². The third kappa shape index (κ3) is 3.03. The van der Waals surface area contributed by atoms with Crippen LogP contribution in [0.25, 0.3) is 0 Å². The smallest absolute Gasteiger partial charge is 0.231 e. The van der Waals surface area contributed by atoms with Crippen molar-refractivity contribution in [3.8, 4) is 0 Å². The van der Waals surface area contributed by atoms with Gasteiger partial charge in [-0.15, -0.1) is 11.3 Å². The normalized spacial score (nSPS) is 12.5. The van der Waals surface area contributed by atoms with Crippen LogP contribution < -0.4 is 10.6 Å². The lowest BCUT2D eigenvalue weighted by atomic mass is 10.1. The molecule has 2 N–H and O–H groups in total. The third-order valence-corrected chi connectivity index (χ3v) is 4.05. The summed E-state index contributed by atoms with van der Waals surface area (Å²) in [6, 6.07) is 3.86. The van der Waals surface area contributed by atoms with Gasteiger partial charge >= 0.3 is 0 Å². The van der Waals surface area contributed by atoms with Crippen LogP contribution in [0.4, 0.5) is 5.00 Å². The van der Waals surface area contributed by atoms with Gasteiger partial charge in [-0.2, -0.15) is 0 Å². The van der Waals surface area contributed by atoms with Crippen molar-refractivity contribution >= 4 is 38.2 Å². The zero-order valence-electron chi connectivity index (χ0n) is 8.87. The van der Waals surface area contributed by atoms with E-state index in [0.29, 0.717) is 6.54 Å². The molecule has 1 aromatic rings. The summed E-state index contributed by atoms with van der Waals surface area (Å²) in [5, 5.41) is 0.943. The minimum Gasteiger partial charge on any atom is -0.330 e. The summed E-state index contributed by atoms with van der Waals surface area (Å²) in [5.41, 5.74) is 5.55. The first-order valence-corrected chi connectivity index (χ1v) is 6.44. The van der Waals surface area contributed by atoms with Gasteiger partial charge in [-0.1, -0.05) is 6.92 Å². The molecule has 1 amide bonds. The van der Waals surface area contributed by atoms with Gasteiger partial charge < -0.3 is 10.6 Å². The zero-order valence-corrected chi connectivity index (χ0v) is 11.3. The molecule has 1 aromatic heterocycles. The fourth-order valence-corrected chi connectivity index (χ4v) is 2.64. The van der Waals surface area contributed by atoms with E-state index in [2.05, 4.69) is 15.9 Å². The predicted octanol–water partition coefficient (Wildman–Crippen LogP) is 2.46. The number of thiophene rings is 1. The van der Waals surface area contributed by atoms with Gasteiger partial charge in [0.05, 0.1) is 14.7 Å². The maximum absolute atomic E-state index is 12.0. The van der Waals surface area contributed by atoms with Crippen LogP contribution in [0.3, 0.4) is 0 Å². The number of amides is 1. The number of nitrogens with zero attached hydrogens (tertiary/aromatic N) is 1. The van der Waals surface area contributed by atoms with Crippen LogP contribution in [-0.4, -0.2) is 19.5 Å². The molecule has 0 aliphatic rings. The lowest BCUT2D eigenvalue weighted by Crippen LogP contribution is -2.35. The van der Waals surface area contributed by atoms with Crippen molar-refractivity contribution < 1.29 is 4.79 Å². The Morgan fingerprint density at radius 2 is 2.33 bits per heavy atom. The van der Waals surface area contributed by atoms with Gasteiger partial charge in [0.15, 0.2) is 0 Å². The van der Waals surface area contributed by atoms with Gasteiger partial charge in [0, 0.05) is 13.6 Å². The molecule has 0 bridgehead atoms. The number of anilines is 1. The van der Waals surface area contributed by atoms with Gasteiger partial charge in [-0.25, -0.2) is 0 Å². The second-order valence-corrected chi connectivity index (χ2v) is 5.76. The average Bonchev–Trinajstić information content (AvgIpc) is 2.65. The van der Waals surface area contributed by atoms with E-state index < -0.39 is 0 Å². The van der Waals surface area contributed by atoms with Gasteiger partial charge in [-0.3, -0.25) is 4.79 Å². The maximum Gasteiger partial charge on any atom is 0.231 e. The molecule has 0 fully saturated rings. The molecule has 0 aliphatic heterocycles. The molecular formula is C10H15BrN2OS. The van der Waals surface area contributed by atoms with Crippen molar-refractivity contribution in [3.63, 3.8) is 0 Å². The number of halogens is 1. The molecule has 0 saturated carbocycles. The van der Waals surface area contributed by atoms with E-state index in [9.17, 15) is 4.79 Å². The van der Waals surface area contributed by atoms with Crippen LogP contribution in [0.2, 0.25) is 0 Å². The molecule has 5 heteroatoms. The molecule has 15 heavy (non-hydrogen) atoms. The highest BCUT2D eigenvalue weighted by atomic mass is 79.9. The molecule has 0 aliphatic carbocycles. The predicted molar refractivity (Wildman–Crippen MR) is 68.3 cm³/mol. The largest absolute Gasteiger partial charge is 0.330 e. The Morgan fingerprint density at radius 1 is 1.67 bits per heavy atom. The van der Waals surface area contributed by atoms with Crippen molar-refractivity contribution in [2.45, 2.75) is 13.3 Å². The second-order valence-electron chi connectivity index (χ2n) is 3.32. The molecule has 1 heterocycles. The molecule has 0 spiro atoms. The van der Waals surface area contributed by atoms with Gasteiger partial charge in [0.1, 0.15) is 0 Å². The molecule has 0 saturated heterocycles. The van der Waals surface area contributed by atoms with E-state index in [0.717, 1.165) is 15.2 Å². The van der Waals surface area contributed by atoms with E-state index >= 15 is 0 Å². The summed E-state index contributed by atoms with van der Waals surface area (Å²) in [6.07, 6.45) is 0.784. The molecule has 3 nitrogen and oxygen atoms in total. The first kappa shape index (κ1) is 12.7. The molecule has 84 valence electrons. The fraction of sp³-hybridized carbons (Fsp3) is 0.500. The Bertz CT molecular complexity index is 336. The van der Waals surface area contributed by atoms with Crippen LogP contribution in [0.5, 0.6) is 0 Å². The van der Waals surface area contributed by atoms with Crippen molar-refractivity contribution in [1.82, 2.24) is 0 Å². The molecule has 1 atom stereocenters. The Morgan fingerprint density at radius 3 is 2.73 bits per heavy atom. The van der Waals surface area contributed by atoms with Crippen LogP contribution in [0.1, 0.15) is 13.3 Å².